The SMILES string of the molecule is COc1ccc(C2CCC2c2cc(OC)c(OC)c(OC)c2)cc1O. The predicted octanol–water partition coefficient (Wildman–Crippen LogP) is 4.09. The lowest BCUT2D eigenvalue weighted by Gasteiger charge is -2.38. The standard InChI is InChI=1S/C20H24O5/c1-22-17-8-5-12(9-16(17)21)14-6-7-15(14)13-10-18(23-2)20(25-4)19(11-13)24-3/h5,8-11,14-15,21H,6-7H2,1-4H3. The zero-order chi connectivity index (χ0) is 18.0. The van der Waals surface area contributed by atoms with Gasteiger partial charge in [-0.05, 0) is 60.1 Å². The van der Waals surface area contributed by atoms with Crippen molar-refractivity contribution in [2.24, 2.45) is 0 Å². The Morgan fingerprint density at radius 3 is 1.72 bits per heavy atom. The molecule has 5 nitrogen and oxygen atoms in total. The molecule has 0 amide bonds. The van der Waals surface area contributed by atoms with Gasteiger partial charge in [-0.25, -0.2) is 0 Å². The summed E-state index contributed by atoms with van der Waals surface area (Å²) in [5, 5.41) is 10.1. The first-order valence-electron chi connectivity index (χ1n) is 8.29. The number of aromatic hydroxyl groups is 1. The van der Waals surface area contributed by atoms with Gasteiger partial charge in [-0.3, -0.25) is 0 Å². The summed E-state index contributed by atoms with van der Waals surface area (Å²) in [5.74, 6) is 3.30. The van der Waals surface area contributed by atoms with Gasteiger partial charge in [0.15, 0.2) is 23.0 Å². The van der Waals surface area contributed by atoms with Gasteiger partial charge >= 0.3 is 0 Å². The molecule has 134 valence electrons. The molecule has 25 heavy (non-hydrogen) atoms. The molecule has 0 saturated heterocycles. The number of phenolic OH excluding ortho intramolecular Hbond substituents is 1. The molecule has 0 bridgehead atoms. The summed E-state index contributed by atoms with van der Waals surface area (Å²) in [6.07, 6.45) is 2.16. The summed E-state index contributed by atoms with van der Waals surface area (Å²) >= 11 is 0. The number of hydrogen-bond donors (Lipinski definition) is 1. The monoisotopic (exact) mass is 344 g/mol. The van der Waals surface area contributed by atoms with Crippen LogP contribution in [0, 0.1) is 0 Å². The van der Waals surface area contributed by atoms with Crippen LogP contribution in [0.3, 0.4) is 0 Å². The lowest BCUT2D eigenvalue weighted by Crippen LogP contribution is -2.22. The molecule has 1 fully saturated rings. The molecular formula is C20H24O5. The van der Waals surface area contributed by atoms with Crippen molar-refractivity contribution in [3.8, 4) is 28.7 Å². The van der Waals surface area contributed by atoms with Gasteiger partial charge < -0.3 is 24.1 Å². The first-order valence-corrected chi connectivity index (χ1v) is 8.29. The van der Waals surface area contributed by atoms with E-state index >= 15 is 0 Å². The van der Waals surface area contributed by atoms with Crippen LogP contribution in [0.2, 0.25) is 0 Å². The van der Waals surface area contributed by atoms with Crippen LogP contribution in [0.4, 0.5) is 0 Å². The normalized spacial score (nSPS) is 19.0. The van der Waals surface area contributed by atoms with Gasteiger partial charge in [0.25, 0.3) is 0 Å². The molecule has 0 aliphatic heterocycles. The van der Waals surface area contributed by atoms with E-state index in [-0.39, 0.29) is 5.75 Å². The number of phenols is 1. The lowest BCUT2D eigenvalue weighted by molar-refractivity contribution is 0.315. The minimum absolute atomic E-state index is 0.176. The third kappa shape index (κ3) is 3.06. The number of benzene rings is 2. The van der Waals surface area contributed by atoms with Crippen molar-refractivity contribution in [3.63, 3.8) is 0 Å². The highest BCUT2D eigenvalue weighted by Gasteiger charge is 2.35. The third-order valence-corrected chi connectivity index (χ3v) is 5.02. The van der Waals surface area contributed by atoms with Crippen LogP contribution >= 0.6 is 0 Å². The molecule has 0 spiro atoms. The molecule has 1 aliphatic rings. The van der Waals surface area contributed by atoms with Gasteiger partial charge in [0.05, 0.1) is 28.4 Å². The molecule has 0 aromatic heterocycles. The van der Waals surface area contributed by atoms with Crippen LogP contribution in [0.5, 0.6) is 28.7 Å². The average Bonchev–Trinajstić information content (AvgIpc) is 2.60. The summed E-state index contributed by atoms with van der Waals surface area (Å²) in [5.41, 5.74) is 2.27. The Labute approximate surface area is 148 Å². The van der Waals surface area contributed by atoms with Crippen LogP contribution in [0.25, 0.3) is 0 Å². The van der Waals surface area contributed by atoms with E-state index in [1.807, 2.05) is 24.3 Å². The van der Waals surface area contributed by atoms with Gasteiger partial charge in [0.1, 0.15) is 0 Å². The molecule has 2 atom stereocenters. The Bertz CT molecular complexity index is 731. The fourth-order valence-corrected chi connectivity index (χ4v) is 3.55. The van der Waals surface area contributed by atoms with Crippen LogP contribution in [-0.2, 0) is 0 Å². The fourth-order valence-electron chi connectivity index (χ4n) is 3.55. The van der Waals surface area contributed by atoms with E-state index in [0.29, 0.717) is 34.8 Å². The molecule has 0 radical (unpaired) electrons. The second kappa shape index (κ2) is 7.13. The number of rotatable bonds is 6. The van der Waals surface area contributed by atoms with Crippen LogP contribution in [0.15, 0.2) is 30.3 Å². The van der Waals surface area contributed by atoms with Crippen molar-refractivity contribution in [1.82, 2.24) is 0 Å². The summed E-state index contributed by atoms with van der Waals surface area (Å²) in [6.45, 7) is 0. The zero-order valence-corrected chi connectivity index (χ0v) is 15.0. The number of hydrogen-bond acceptors (Lipinski definition) is 5. The minimum atomic E-state index is 0.176. The topological polar surface area (TPSA) is 57.2 Å². The van der Waals surface area contributed by atoms with E-state index < -0.39 is 0 Å². The minimum Gasteiger partial charge on any atom is -0.504 e. The predicted molar refractivity (Wildman–Crippen MR) is 95.5 cm³/mol. The third-order valence-electron chi connectivity index (χ3n) is 5.02. The zero-order valence-electron chi connectivity index (χ0n) is 15.0. The fraction of sp³-hybridized carbons (Fsp3) is 0.400. The molecule has 2 aromatic rings. The molecule has 2 unspecified atom stereocenters. The Balaban J connectivity index is 1.93. The number of methoxy groups -OCH3 is 4. The van der Waals surface area contributed by atoms with Crippen LogP contribution < -0.4 is 18.9 Å². The van der Waals surface area contributed by atoms with Gasteiger partial charge in [0.2, 0.25) is 5.75 Å². The van der Waals surface area contributed by atoms with E-state index in [1.54, 1.807) is 34.5 Å². The highest BCUT2D eigenvalue weighted by molar-refractivity contribution is 5.55. The van der Waals surface area contributed by atoms with Crippen molar-refractivity contribution >= 4 is 0 Å². The summed E-state index contributed by atoms with van der Waals surface area (Å²) in [6, 6.07) is 9.67. The van der Waals surface area contributed by atoms with Crippen LogP contribution in [0.1, 0.15) is 35.8 Å². The second-order valence-electron chi connectivity index (χ2n) is 6.18. The highest BCUT2D eigenvalue weighted by atomic mass is 16.5. The second-order valence-corrected chi connectivity index (χ2v) is 6.18. The summed E-state index contributed by atoms with van der Waals surface area (Å²) in [7, 11) is 6.41. The molecule has 1 N–H and O–H groups in total. The molecule has 1 saturated carbocycles. The first-order chi connectivity index (χ1) is 12.1. The Kier molecular flexibility index (Phi) is 4.93. The van der Waals surface area contributed by atoms with E-state index in [4.69, 9.17) is 18.9 Å². The van der Waals surface area contributed by atoms with Crippen molar-refractivity contribution in [2.75, 3.05) is 28.4 Å². The van der Waals surface area contributed by atoms with Gasteiger partial charge in [-0.15, -0.1) is 0 Å². The number of ether oxygens (including phenoxy) is 4. The van der Waals surface area contributed by atoms with Crippen molar-refractivity contribution in [2.45, 2.75) is 24.7 Å². The lowest BCUT2D eigenvalue weighted by atomic mass is 9.67. The molecule has 0 heterocycles. The van der Waals surface area contributed by atoms with Crippen molar-refractivity contribution < 1.29 is 24.1 Å². The largest absolute Gasteiger partial charge is 0.504 e. The average molecular weight is 344 g/mol. The molecule has 1 aliphatic carbocycles. The van der Waals surface area contributed by atoms with Gasteiger partial charge in [-0.2, -0.15) is 0 Å². The van der Waals surface area contributed by atoms with E-state index in [2.05, 4.69) is 0 Å². The summed E-state index contributed by atoms with van der Waals surface area (Å²) < 4.78 is 21.5. The van der Waals surface area contributed by atoms with Crippen LogP contribution in [-0.4, -0.2) is 33.5 Å². The van der Waals surface area contributed by atoms with Crippen molar-refractivity contribution in [3.05, 3.63) is 41.5 Å². The van der Waals surface area contributed by atoms with Gasteiger partial charge in [-0.1, -0.05) is 6.07 Å². The Hall–Kier alpha value is -2.56. The van der Waals surface area contributed by atoms with Gasteiger partial charge in [0, 0.05) is 0 Å². The van der Waals surface area contributed by atoms with E-state index in [9.17, 15) is 5.11 Å². The maximum atomic E-state index is 10.1. The van der Waals surface area contributed by atoms with E-state index in [0.717, 1.165) is 24.0 Å². The first kappa shape index (κ1) is 17.3. The molecule has 2 aromatic carbocycles. The highest BCUT2D eigenvalue weighted by Crippen LogP contribution is 2.52. The molecule has 5 heteroatoms. The Morgan fingerprint density at radius 2 is 1.28 bits per heavy atom. The molecular weight excluding hydrogens is 320 g/mol. The molecule has 3 rings (SSSR count). The maximum Gasteiger partial charge on any atom is 0.203 e. The van der Waals surface area contributed by atoms with Crippen molar-refractivity contribution in [1.29, 1.82) is 0 Å². The summed E-state index contributed by atoms with van der Waals surface area (Å²) in [4.78, 5) is 0. The Morgan fingerprint density at radius 1 is 0.720 bits per heavy atom. The maximum absolute atomic E-state index is 10.1. The van der Waals surface area contributed by atoms with E-state index in [1.165, 1.54) is 0 Å². The smallest absolute Gasteiger partial charge is 0.203 e. The quantitative estimate of drug-likeness (QED) is 0.855.